The number of hydrogen-bond donors (Lipinski definition) is 1. The molecule has 2 aromatic rings. The van der Waals surface area contributed by atoms with Crippen LogP contribution in [0.5, 0.6) is 11.5 Å². The van der Waals surface area contributed by atoms with Gasteiger partial charge in [0.25, 0.3) is 5.56 Å². The molecule has 1 N–H and O–H groups in total. The highest BCUT2D eigenvalue weighted by atomic mass is 16.5. The van der Waals surface area contributed by atoms with Gasteiger partial charge in [0.1, 0.15) is 17.3 Å². The lowest BCUT2D eigenvalue weighted by atomic mass is 10.0. The van der Waals surface area contributed by atoms with E-state index in [1.54, 1.807) is 14.2 Å². The molecule has 0 saturated carbocycles. The summed E-state index contributed by atoms with van der Waals surface area (Å²) in [6.45, 7) is 6.34. The molecule has 2 heterocycles. The molecule has 0 atom stereocenters. The molecular formula is C19H25N3O3. The van der Waals surface area contributed by atoms with Crippen LogP contribution in [0.25, 0.3) is 0 Å². The van der Waals surface area contributed by atoms with Crippen molar-refractivity contribution in [2.45, 2.75) is 39.3 Å². The average Bonchev–Trinajstić information content (AvgIpc) is 2.60. The molecule has 0 spiro atoms. The maximum absolute atomic E-state index is 12.3. The number of nitrogens with one attached hydrogen (secondary N) is 1. The van der Waals surface area contributed by atoms with Gasteiger partial charge in [0.05, 0.1) is 19.9 Å². The first-order valence-electron chi connectivity index (χ1n) is 8.56. The van der Waals surface area contributed by atoms with Crippen molar-refractivity contribution in [3.05, 3.63) is 51.2 Å². The number of aromatic amines is 1. The van der Waals surface area contributed by atoms with Crippen LogP contribution in [0.2, 0.25) is 0 Å². The smallest absolute Gasteiger partial charge is 0.254 e. The number of rotatable bonds is 5. The summed E-state index contributed by atoms with van der Waals surface area (Å²) in [6, 6.07) is 5.90. The van der Waals surface area contributed by atoms with E-state index in [1.807, 2.05) is 32.0 Å². The van der Waals surface area contributed by atoms with Gasteiger partial charge in [0, 0.05) is 37.2 Å². The molecule has 0 amide bonds. The Balaban J connectivity index is 1.82. The van der Waals surface area contributed by atoms with E-state index in [-0.39, 0.29) is 11.5 Å². The molecule has 1 aliphatic rings. The van der Waals surface area contributed by atoms with Crippen molar-refractivity contribution < 1.29 is 9.47 Å². The molecule has 0 radical (unpaired) electrons. The number of nitrogens with zero attached hydrogens (tertiary/aromatic N) is 2. The van der Waals surface area contributed by atoms with Gasteiger partial charge in [-0.25, -0.2) is 4.98 Å². The SMILES string of the molecule is COc1cc(CN2CCc3c(nc(C(C)C)[nH]c3=O)C2)cc(OC)c1. The van der Waals surface area contributed by atoms with Gasteiger partial charge in [-0.15, -0.1) is 0 Å². The Morgan fingerprint density at radius 3 is 2.48 bits per heavy atom. The number of methoxy groups -OCH3 is 2. The summed E-state index contributed by atoms with van der Waals surface area (Å²) in [5.74, 6) is 2.52. The fourth-order valence-corrected chi connectivity index (χ4v) is 3.14. The van der Waals surface area contributed by atoms with Crippen LogP contribution in [-0.2, 0) is 19.5 Å². The first-order chi connectivity index (χ1) is 12.0. The van der Waals surface area contributed by atoms with E-state index < -0.39 is 0 Å². The quantitative estimate of drug-likeness (QED) is 0.903. The van der Waals surface area contributed by atoms with Crippen molar-refractivity contribution in [1.82, 2.24) is 14.9 Å². The molecule has 6 heteroatoms. The summed E-state index contributed by atoms with van der Waals surface area (Å²) >= 11 is 0. The van der Waals surface area contributed by atoms with Gasteiger partial charge in [-0.2, -0.15) is 0 Å². The van der Waals surface area contributed by atoms with Crippen LogP contribution in [0.1, 0.15) is 42.4 Å². The molecule has 0 fully saturated rings. The van der Waals surface area contributed by atoms with Crippen LogP contribution < -0.4 is 15.0 Å². The van der Waals surface area contributed by atoms with Crippen LogP contribution in [0, 0.1) is 0 Å². The van der Waals surface area contributed by atoms with Crippen molar-refractivity contribution in [2.24, 2.45) is 0 Å². The monoisotopic (exact) mass is 343 g/mol. The van der Waals surface area contributed by atoms with Gasteiger partial charge in [0.2, 0.25) is 0 Å². The minimum atomic E-state index is 0.0106. The molecule has 1 aromatic heterocycles. The Bertz CT molecular complexity index is 792. The van der Waals surface area contributed by atoms with Crippen molar-refractivity contribution in [1.29, 1.82) is 0 Å². The Hall–Kier alpha value is -2.34. The zero-order chi connectivity index (χ0) is 18.0. The van der Waals surface area contributed by atoms with Crippen molar-refractivity contribution in [2.75, 3.05) is 20.8 Å². The summed E-state index contributed by atoms with van der Waals surface area (Å²) in [7, 11) is 3.30. The summed E-state index contributed by atoms with van der Waals surface area (Å²) in [4.78, 5) is 22.2. The number of benzene rings is 1. The largest absolute Gasteiger partial charge is 0.497 e. The van der Waals surface area contributed by atoms with E-state index in [1.165, 1.54) is 0 Å². The predicted molar refractivity (Wildman–Crippen MR) is 96.3 cm³/mol. The third kappa shape index (κ3) is 3.85. The number of ether oxygens (including phenoxy) is 2. The van der Waals surface area contributed by atoms with Gasteiger partial charge in [0.15, 0.2) is 0 Å². The van der Waals surface area contributed by atoms with Gasteiger partial charge in [-0.3, -0.25) is 9.69 Å². The van der Waals surface area contributed by atoms with E-state index in [4.69, 9.17) is 9.47 Å². The zero-order valence-electron chi connectivity index (χ0n) is 15.3. The van der Waals surface area contributed by atoms with E-state index in [0.717, 1.165) is 53.7 Å². The summed E-state index contributed by atoms with van der Waals surface area (Å²) in [6.07, 6.45) is 0.719. The molecule has 0 aliphatic carbocycles. The van der Waals surface area contributed by atoms with Gasteiger partial charge in [-0.05, 0) is 24.1 Å². The number of H-pyrrole nitrogens is 1. The van der Waals surface area contributed by atoms with Crippen molar-refractivity contribution in [3.8, 4) is 11.5 Å². The van der Waals surface area contributed by atoms with Gasteiger partial charge < -0.3 is 14.5 Å². The molecule has 0 saturated heterocycles. The molecule has 3 rings (SSSR count). The second-order valence-electron chi connectivity index (χ2n) is 6.71. The molecule has 6 nitrogen and oxygen atoms in total. The molecule has 0 unspecified atom stereocenters. The second kappa shape index (κ2) is 7.27. The Morgan fingerprint density at radius 1 is 1.20 bits per heavy atom. The van der Waals surface area contributed by atoms with Crippen LogP contribution in [0.15, 0.2) is 23.0 Å². The predicted octanol–water partition coefficient (Wildman–Crippen LogP) is 2.47. The van der Waals surface area contributed by atoms with Crippen LogP contribution >= 0.6 is 0 Å². The topological polar surface area (TPSA) is 67.5 Å². The van der Waals surface area contributed by atoms with Crippen LogP contribution in [0.3, 0.4) is 0 Å². The summed E-state index contributed by atoms with van der Waals surface area (Å²) in [5.41, 5.74) is 2.85. The van der Waals surface area contributed by atoms with Crippen molar-refractivity contribution >= 4 is 0 Å². The highest BCUT2D eigenvalue weighted by molar-refractivity contribution is 5.38. The van der Waals surface area contributed by atoms with E-state index in [2.05, 4.69) is 14.9 Å². The average molecular weight is 343 g/mol. The third-order valence-corrected chi connectivity index (χ3v) is 4.54. The number of fused-ring (bicyclic) bond motifs is 1. The lowest BCUT2D eigenvalue weighted by Gasteiger charge is -2.28. The normalized spacial score (nSPS) is 14.4. The first kappa shape index (κ1) is 17.5. The highest BCUT2D eigenvalue weighted by Crippen LogP contribution is 2.25. The van der Waals surface area contributed by atoms with Crippen molar-refractivity contribution in [3.63, 3.8) is 0 Å². The number of hydrogen-bond acceptors (Lipinski definition) is 5. The standard InChI is InChI=1S/C19H25N3O3/c1-12(2)18-20-17-11-22(6-5-16(17)19(23)21-18)10-13-7-14(24-3)9-15(8-13)25-4/h7-9,12H,5-6,10-11H2,1-4H3,(H,20,21,23). The Morgan fingerprint density at radius 2 is 1.88 bits per heavy atom. The molecule has 1 aromatic carbocycles. The number of aromatic nitrogens is 2. The fraction of sp³-hybridized carbons (Fsp3) is 0.474. The summed E-state index contributed by atoms with van der Waals surface area (Å²) < 4.78 is 10.7. The van der Waals surface area contributed by atoms with Gasteiger partial charge >= 0.3 is 0 Å². The first-order valence-corrected chi connectivity index (χ1v) is 8.56. The Labute approximate surface area is 147 Å². The van der Waals surface area contributed by atoms with E-state index >= 15 is 0 Å². The molecule has 1 aliphatic heterocycles. The van der Waals surface area contributed by atoms with Gasteiger partial charge in [-0.1, -0.05) is 13.8 Å². The maximum atomic E-state index is 12.3. The molecule has 25 heavy (non-hydrogen) atoms. The molecular weight excluding hydrogens is 318 g/mol. The minimum absolute atomic E-state index is 0.0106. The maximum Gasteiger partial charge on any atom is 0.254 e. The highest BCUT2D eigenvalue weighted by Gasteiger charge is 2.22. The third-order valence-electron chi connectivity index (χ3n) is 4.54. The van der Waals surface area contributed by atoms with Crippen LogP contribution in [0.4, 0.5) is 0 Å². The Kier molecular flexibility index (Phi) is 5.08. The lowest BCUT2D eigenvalue weighted by molar-refractivity contribution is 0.239. The lowest BCUT2D eigenvalue weighted by Crippen LogP contribution is -2.35. The zero-order valence-corrected chi connectivity index (χ0v) is 15.3. The summed E-state index contributed by atoms with van der Waals surface area (Å²) in [5, 5.41) is 0. The minimum Gasteiger partial charge on any atom is -0.497 e. The van der Waals surface area contributed by atoms with Crippen LogP contribution in [-0.4, -0.2) is 35.6 Å². The van der Waals surface area contributed by atoms with E-state index in [9.17, 15) is 4.79 Å². The molecule has 0 bridgehead atoms. The molecule has 134 valence electrons. The fourth-order valence-electron chi connectivity index (χ4n) is 3.14. The second-order valence-corrected chi connectivity index (χ2v) is 6.71. The van der Waals surface area contributed by atoms with E-state index in [0.29, 0.717) is 6.54 Å².